The Morgan fingerprint density at radius 1 is 1.21 bits per heavy atom. The molecule has 4 heterocycles. The van der Waals surface area contributed by atoms with Crippen molar-refractivity contribution in [2.45, 2.75) is 56.4 Å². The Morgan fingerprint density at radius 2 is 2.00 bits per heavy atom. The first kappa shape index (κ1) is 18.1. The van der Waals surface area contributed by atoms with E-state index < -0.39 is 58.8 Å². The van der Waals surface area contributed by atoms with Crippen molar-refractivity contribution in [1.82, 2.24) is 0 Å². The fourth-order valence-corrected chi connectivity index (χ4v) is 7.18. The average Bonchev–Trinajstić information content (AvgIpc) is 3.04. The lowest BCUT2D eigenvalue weighted by Gasteiger charge is -2.57. The van der Waals surface area contributed by atoms with E-state index in [4.69, 9.17) is 18.6 Å². The van der Waals surface area contributed by atoms with E-state index in [2.05, 4.69) is 0 Å². The van der Waals surface area contributed by atoms with Crippen LogP contribution in [0.25, 0.3) is 0 Å². The number of epoxide rings is 1. The Bertz CT molecular complexity index is 893. The number of esters is 1. The molecule has 0 amide bonds. The van der Waals surface area contributed by atoms with E-state index >= 15 is 0 Å². The SMILES string of the molecule is C[C@@]1(O)OC[C@H]2CC(=O)[C@@H]3[C@@H]([C@@H]21)[C@H](O)C[C@]1(C)[C@H](c2ccoc2)OC(=O)[C@@H]2O[C@@]321. The third kappa shape index (κ3) is 1.98. The molecule has 2 saturated carbocycles. The van der Waals surface area contributed by atoms with Crippen LogP contribution in [-0.2, 0) is 23.8 Å². The third-order valence-electron chi connectivity index (χ3n) is 8.28. The highest BCUT2D eigenvalue weighted by Crippen LogP contribution is 2.72. The van der Waals surface area contributed by atoms with E-state index in [-0.39, 0.29) is 31.1 Å². The number of carbonyl (C=O) groups is 2. The normalized spacial score (nSPS) is 55.4. The van der Waals surface area contributed by atoms with Crippen molar-refractivity contribution in [3.8, 4) is 0 Å². The van der Waals surface area contributed by atoms with Gasteiger partial charge in [0.15, 0.2) is 11.9 Å². The van der Waals surface area contributed by atoms with Gasteiger partial charge in [-0.3, -0.25) is 4.79 Å². The molecule has 8 nitrogen and oxygen atoms in total. The standard InChI is InChI=1S/C21H24O8/c1-19-6-12(23)13-14-10(8-27-20(14,2)25)5-11(22)15(13)21(19)17(29-21)18(24)28-16(19)9-3-4-26-7-9/h3-4,7,10,12-17,23,25H,5-6,8H2,1-2H3/t10-,12-,13-,14-,15-,16+,17+,19-,20-,21+/m1/s1. The van der Waals surface area contributed by atoms with Crippen LogP contribution in [0.2, 0.25) is 0 Å². The van der Waals surface area contributed by atoms with Gasteiger partial charge >= 0.3 is 5.97 Å². The lowest BCUT2D eigenvalue weighted by atomic mass is 9.46. The zero-order chi connectivity index (χ0) is 20.3. The molecule has 5 aliphatic rings. The number of fused-ring (bicyclic) bond motifs is 3. The van der Waals surface area contributed by atoms with Gasteiger partial charge in [0.25, 0.3) is 0 Å². The van der Waals surface area contributed by atoms with Gasteiger partial charge in [-0.25, -0.2) is 4.79 Å². The molecule has 3 aliphatic heterocycles. The van der Waals surface area contributed by atoms with E-state index in [1.54, 1.807) is 13.0 Å². The summed E-state index contributed by atoms with van der Waals surface area (Å²) in [5.41, 5.74) is -1.17. The molecule has 29 heavy (non-hydrogen) atoms. The van der Waals surface area contributed by atoms with Crippen LogP contribution in [-0.4, -0.2) is 52.2 Å². The zero-order valence-electron chi connectivity index (χ0n) is 16.2. The van der Waals surface area contributed by atoms with Gasteiger partial charge in [-0.2, -0.15) is 0 Å². The minimum absolute atomic E-state index is 0.0364. The Balaban J connectivity index is 1.50. The Kier molecular flexibility index (Phi) is 3.30. The number of cyclic esters (lactones) is 1. The summed E-state index contributed by atoms with van der Waals surface area (Å²) in [7, 11) is 0. The summed E-state index contributed by atoms with van der Waals surface area (Å²) in [5.74, 6) is -3.73. The van der Waals surface area contributed by atoms with Gasteiger partial charge in [-0.05, 0) is 25.3 Å². The highest BCUT2D eigenvalue weighted by atomic mass is 16.7. The molecule has 3 saturated heterocycles. The summed E-state index contributed by atoms with van der Waals surface area (Å²) in [4.78, 5) is 26.1. The Morgan fingerprint density at radius 3 is 2.72 bits per heavy atom. The molecule has 1 aromatic heterocycles. The largest absolute Gasteiger partial charge is 0.472 e. The fraction of sp³-hybridized carbons (Fsp3) is 0.714. The van der Waals surface area contributed by atoms with Gasteiger partial charge in [0.05, 0.1) is 31.2 Å². The van der Waals surface area contributed by atoms with Crippen molar-refractivity contribution >= 4 is 11.8 Å². The van der Waals surface area contributed by atoms with Crippen LogP contribution >= 0.6 is 0 Å². The maximum Gasteiger partial charge on any atom is 0.339 e. The minimum Gasteiger partial charge on any atom is -0.472 e. The number of rotatable bonds is 1. The predicted octanol–water partition coefficient (Wildman–Crippen LogP) is 0.962. The van der Waals surface area contributed by atoms with Gasteiger partial charge in [0, 0.05) is 29.2 Å². The van der Waals surface area contributed by atoms with Crippen molar-refractivity contribution in [2.24, 2.45) is 29.1 Å². The molecule has 0 bridgehead atoms. The van der Waals surface area contributed by atoms with Gasteiger partial charge < -0.3 is 28.8 Å². The van der Waals surface area contributed by atoms with Crippen LogP contribution < -0.4 is 0 Å². The Hall–Kier alpha value is -1.74. The fourth-order valence-electron chi connectivity index (χ4n) is 7.18. The maximum atomic E-state index is 13.4. The molecule has 6 rings (SSSR count). The third-order valence-corrected chi connectivity index (χ3v) is 8.28. The number of ether oxygens (including phenoxy) is 3. The van der Waals surface area contributed by atoms with Gasteiger partial charge in [0.2, 0.25) is 0 Å². The second-order valence-electron chi connectivity index (χ2n) is 9.73. The molecule has 0 radical (unpaired) electrons. The highest BCUT2D eigenvalue weighted by molar-refractivity contribution is 5.90. The maximum absolute atomic E-state index is 13.4. The molecule has 1 aromatic rings. The van der Waals surface area contributed by atoms with Gasteiger partial charge in [-0.1, -0.05) is 6.92 Å². The second kappa shape index (κ2) is 5.29. The van der Waals surface area contributed by atoms with Gasteiger partial charge in [-0.15, -0.1) is 0 Å². The first-order valence-corrected chi connectivity index (χ1v) is 10.2. The number of carbonyl (C=O) groups excluding carboxylic acids is 2. The summed E-state index contributed by atoms with van der Waals surface area (Å²) in [6, 6.07) is 1.73. The zero-order valence-corrected chi connectivity index (χ0v) is 16.2. The number of hydrogen-bond acceptors (Lipinski definition) is 8. The summed E-state index contributed by atoms with van der Waals surface area (Å²) in [5, 5.41) is 22.1. The first-order valence-electron chi connectivity index (χ1n) is 10.2. The summed E-state index contributed by atoms with van der Waals surface area (Å²) >= 11 is 0. The molecular formula is C21H24O8. The van der Waals surface area contributed by atoms with Crippen molar-refractivity contribution in [1.29, 1.82) is 0 Å². The summed E-state index contributed by atoms with van der Waals surface area (Å²) in [6.07, 6.45) is 1.17. The molecule has 0 unspecified atom stereocenters. The summed E-state index contributed by atoms with van der Waals surface area (Å²) < 4.78 is 22.6. The number of aliphatic hydroxyl groups is 2. The molecule has 0 aromatic carbocycles. The van der Waals surface area contributed by atoms with Crippen LogP contribution in [0, 0.1) is 29.1 Å². The van der Waals surface area contributed by atoms with E-state index in [0.717, 1.165) is 0 Å². The van der Waals surface area contributed by atoms with E-state index in [0.29, 0.717) is 5.56 Å². The molecular weight excluding hydrogens is 380 g/mol. The molecule has 10 atom stereocenters. The number of ketones is 1. The lowest BCUT2D eigenvalue weighted by molar-refractivity contribution is -0.232. The Labute approximate surface area is 167 Å². The molecule has 2 N–H and O–H groups in total. The van der Waals surface area contributed by atoms with Crippen molar-refractivity contribution in [3.63, 3.8) is 0 Å². The van der Waals surface area contributed by atoms with Crippen LogP contribution in [0.1, 0.15) is 38.4 Å². The number of hydrogen-bond donors (Lipinski definition) is 2. The second-order valence-corrected chi connectivity index (χ2v) is 9.73. The topological polar surface area (TPSA) is 119 Å². The lowest BCUT2D eigenvalue weighted by Crippen LogP contribution is -2.67. The van der Waals surface area contributed by atoms with Crippen LogP contribution in [0.15, 0.2) is 23.0 Å². The molecule has 2 aliphatic carbocycles. The number of Topliss-reactive ketones (excluding diaryl/α,β-unsaturated/α-hetero) is 1. The van der Waals surface area contributed by atoms with E-state index in [9.17, 15) is 19.8 Å². The average molecular weight is 404 g/mol. The smallest absolute Gasteiger partial charge is 0.339 e. The van der Waals surface area contributed by atoms with Crippen LogP contribution in [0.5, 0.6) is 0 Å². The molecule has 5 fully saturated rings. The molecule has 8 heteroatoms. The van der Waals surface area contributed by atoms with Crippen molar-refractivity contribution < 1.29 is 38.4 Å². The van der Waals surface area contributed by atoms with Crippen LogP contribution in [0.4, 0.5) is 0 Å². The highest BCUT2D eigenvalue weighted by Gasteiger charge is 2.85. The van der Waals surface area contributed by atoms with Crippen molar-refractivity contribution in [3.05, 3.63) is 24.2 Å². The van der Waals surface area contributed by atoms with E-state index in [1.165, 1.54) is 12.5 Å². The quantitative estimate of drug-likeness (QED) is 0.525. The number of aliphatic hydroxyl groups excluding tert-OH is 1. The predicted molar refractivity (Wildman–Crippen MR) is 94.0 cm³/mol. The molecule has 1 spiro atoms. The van der Waals surface area contributed by atoms with E-state index in [1.807, 2.05) is 6.92 Å². The first-order chi connectivity index (χ1) is 13.7. The minimum atomic E-state index is -1.43. The summed E-state index contributed by atoms with van der Waals surface area (Å²) in [6.45, 7) is 3.80. The van der Waals surface area contributed by atoms with Crippen molar-refractivity contribution in [2.75, 3.05) is 6.61 Å². The monoisotopic (exact) mass is 404 g/mol. The van der Waals surface area contributed by atoms with Gasteiger partial charge in [0.1, 0.15) is 17.5 Å². The van der Waals surface area contributed by atoms with Crippen LogP contribution in [0.3, 0.4) is 0 Å². The number of furan rings is 1. The molecule has 156 valence electrons.